The van der Waals surface area contributed by atoms with E-state index in [1.165, 1.54) is 34.4 Å². The van der Waals surface area contributed by atoms with E-state index in [1.54, 1.807) is 23.0 Å². The van der Waals surface area contributed by atoms with Gasteiger partial charge in [0.2, 0.25) is 0 Å². The van der Waals surface area contributed by atoms with Gasteiger partial charge >= 0.3 is 0 Å². The lowest BCUT2D eigenvalue weighted by atomic mass is 10.3. The van der Waals surface area contributed by atoms with Gasteiger partial charge in [-0.05, 0) is 25.1 Å². The maximum atomic E-state index is 12.0. The second-order valence-corrected chi connectivity index (χ2v) is 7.75. The van der Waals surface area contributed by atoms with Crippen LogP contribution in [-0.4, -0.2) is 21.1 Å². The van der Waals surface area contributed by atoms with E-state index in [9.17, 15) is 4.79 Å². The highest BCUT2D eigenvalue weighted by atomic mass is 35.5. The smallest absolute Gasteiger partial charge is 0.275 e. The summed E-state index contributed by atoms with van der Waals surface area (Å²) in [6.07, 6.45) is 0. The first-order valence-electron chi connectivity index (χ1n) is 6.09. The quantitative estimate of drug-likeness (QED) is 0.741. The van der Waals surface area contributed by atoms with E-state index in [0.717, 1.165) is 14.2 Å². The number of benzene rings is 1. The second kappa shape index (κ2) is 6.74. The normalized spacial score (nSPS) is 10.6. The number of aryl methyl sites for hydroxylation is 1. The maximum absolute atomic E-state index is 12.0. The molecule has 2 aromatic heterocycles. The molecule has 0 saturated heterocycles. The standard InChI is InChI=1S/C13H9ClN4OS3/c1-7-16-10(5-20-7)12(19)17-8-2-3-11(9(14)4-8)22-13-18-15-6-21-13/h2-6H,1H3,(H,17,19). The molecule has 9 heteroatoms. The SMILES string of the molecule is Cc1nc(C(=O)Nc2ccc(Sc3nncs3)c(Cl)c2)cs1. The molecule has 0 atom stereocenters. The predicted octanol–water partition coefficient (Wildman–Crippen LogP) is 4.36. The molecular formula is C13H9ClN4OS3. The maximum Gasteiger partial charge on any atom is 0.275 e. The Morgan fingerprint density at radius 3 is 2.86 bits per heavy atom. The van der Waals surface area contributed by atoms with Crippen molar-refractivity contribution in [3.63, 3.8) is 0 Å². The first-order chi connectivity index (χ1) is 10.6. The molecule has 1 amide bonds. The van der Waals surface area contributed by atoms with E-state index in [1.807, 2.05) is 13.0 Å². The van der Waals surface area contributed by atoms with Gasteiger partial charge in [-0.25, -0.2) is 4.98 Å². The highest BCUT2D eigenvalue weighted by Gasteiger charge is 2.11. The van der Waals surface area contributed by atoms with Crippen LogP contribution < -0.4 is 5.32 Å². The van der Waals surface area contributed by atoms with Crippen molar-refractivity contribution < 1.29 is 4.79 Å². The van der Waals surface area contributed by atoms with Gasteiger partial charge in [-0.2, -0.15) is 0 Å². The van der Waals surface area contributed by atoms with Crippen LogP contribution in [0.3, 0.4) is 0 Å². The zero-order chi connectivity index (χ0) is 15.5. The molecule has 112 valence electrons. The van der Waals surface area contributed by atoms with Crippen LogP contribution in [0, 0.1) is 6.92 Å². The molecule has 0 radical (unpaired) electrons. The molecule has 2 heterocycles. The number of nitrogens with zero attached hydrogens (tertiary/aromatic N) is 3. The molecule has 5 nitrogen and oxygen atoms in total. The van der Waals surface area contributed by atoms with Gasteiger partial charge in [0.25, 0.3) is 5.91 Å². The Labute approximate surface area is 143 Å². The molecule has 0 fully saturated rings. The fraction of sp³-hybridized carbons (Fsp3) is 0.0769. The van der Waals surface area contributed by atoms with Crippen molar-refractivity contribution in [2.75, 3.05) is 5.32 Å². The molecule has 0 aliphatic rings. The van der Waals surface area contributed by atoms with E-state index < -0.39 is 0 Å². The summed E-state index contributed by atoms with van der Waals surface area (Å²) >= 11 is 10.6. The lowest BCUT2D eigenvalue weighted by Crippen LogP contribution is -2.12. The van der Waals surface area contributed by atoms with Crippen LogP contribution in [0.5, 0.6) is 0 Å². The molecule has 3 aromatic rings. The lowest BCUT2D eigenvalue weighted by molar-refractivity contribution is 0.102. The predicted molar refractivity (Wildman–Crippen MR) is 90.3 cm³/mol. The molecule has 0 aliphatic carbocycles. The van der Waals surface area contributed by atoms with E-state index in [-0.39, 0.29) is 5.91 Å². The van der Waals surface area contributed by atoms with Gasteiger partial charge in [0.05, 0.1) is 10.0 Å². The van der Waals surface area contributed by atoms with E-state index in [2.05, 4.69) is 20.5 Å². The van der Waals surface area contributed by atoms with Crippen LogP contribution in [0.25, 0.3) is 0 Å². The molecule has 1 N–H and O–H groups in total. The summed E-state index contributed by atoms with van der Waals surface area (Å²) in [7, 11) is 0. The van der Waals surface area contributed by atoms with Gasteiger partial charge in [-0.3, -0.25) is 4.79 Å². The third-order valence-electron chi connectivity index (χ3n) is 2.58. The average molecular weight is 369 g/mol. The molecule has 0 unspecified atom stereocenters. The first-order valence-corrected chi connectivity index (χ1v) is 9.04. The van der Waals surface area contributed by atoms with Crippen LogP contribution in [0.1, 0.15) is 15.5 Å². The Morgan fingerprint density at radius 1 is 1.36 bits per heavy atom. The Hall–Kier alpha value is -1.48. The number of anilines is 1. The van der Waals surface area contributed by atoms with Crippen molar-refractivity contribution >= 4 is 57.6 Å². The highest BCUT2D eigenvalue weighted by Crippen LogP contribution is 2.35. The summed E-state index contributed by atoms with van der Waals surface area (Å²) in [4.78, 5) is 17.1. The number of thiazole rings is 1. The number of carbonyl (C=O) groups excluding carboxylic acids is 1. The Kier molecular flexibility index (Phi) is 4.72. The molecule has 3 rings (SSSR count). The number of carbonyl (C=O) groups is 1. The molecule has 0 bridgehead atoms. The number of nitrogens with one attached hydrogen (secondary N) is 1. The van der Waals surface area contributed by atoms with Crippen LogP contribution in [-0.2, 0) is 0 Å². The van der Waals surface area contributed by atoms with Crippen LogP contribution in [0.4, 0.5) is 5.69 Å². The van der Waals surface area contributed by atoms with Gasteiger partial charge in [-0.1, -0.05) is 34.7 Å². The van der Waals surface area contributed by atoms with Gasteiger partial charge < -0.3 is 5.32 Å². The van der Waals surface area contributed by atoms with E-state index in [0.29, 0.717) is 16.4 Å². The Bertz CT molecular complexity index is 803. The number of aromatic nitrogens is 3. The third-order valence-corrected chi connectivity index (χ3v) is 5.63. The number of rotatable bonds is 4. The number of hydrogen-bond acceptors (Lipinski definition) is 7. The van der Waals surface area contributed by atoms with E-state index >= 15 is 0 Å². The van der Waals surface area contributed by atoms with Crippen LogP contribution >= 0.6 is 46.0 Å². The monoisotopic (exact) mass is 368 g/mol. The van der Waals surface area contributed by atoms with Crippen molar-refractivity contribution in [2.45, 2.75) is 16.2 Å². The summed E-state index contributed by atoms with van der Waals surface area (Å²) in [5, 5.41) is 13.7. The van der Waals surface area contributed by atoms with Crippen molar-refractivity contribution in [1.82, 2.24) is 15.2 Å². The van der Waals surface area contributed by atoms with Crippen molar-refractivity contribution in [2.24, 2.45) is 0 Å². The highest BCUT2D eigenvalue weighted by molar-refractivity contribution is 8.01. The summed E-state index contributed by atoms with van der Waals surface area (Å²) in [6, 6.07) is 5.35. The fourth-order valence-corrected chi connectivity index (χ4v) is 3.95. The summed E-state index contributed by atoms with van der Waals surface area (Å²) in [5.74, 6) is -0.245. The van der Waals surface area contributed by atoms with Crippen molar-refractivity contribution in [1.29, 1.82) is 0 Å². The zero-order valence-electron chi connectivity index (χ0n) is 11.2. The molecule has 1 aromatic carbocycles. The second-order valence-electron chi connectivity index (χ2n) is 4.16. The Morgan fingerprint density at radius 2 is 2.23 bits per heavy atom. The zero-order valence-corrected chi connectivity index (χ0v) is 14.4. The van der Waals surface area contributed by atoms with Crippen molar-refractivity contribution in [3.8, 4) is 0 Å². The minimum absolute atomic E-state index is 0.245. The first kappa shape index (κ1) is 15.4. The van der Waals surface area contributed by atoms with Gasteiger partial charge in [0.15, 0.2) is 4.34 Å². The molecule has 22 heavy (non-hydrogen) atoms. The summed E-state index contributed by atoms with van der Waals surface area (Å²) < 4.78 is 0.816. The Balaban J connectivity index is 1.73. The largest absolute Gasteiger partial charge is 0.321 e. The minimum Gasteiger partial charge on any atom is -0.321 e. The van der Waals surface area contributed by atoms with Gasteiger partial charge in [0, 0.05) is 16.0 Å². The molecule has 0 spiro atoms. The lowest BCUT2D eigenvalue weighted by Gasteiger charge is -2.06. The van der Waals surface area contributed by atoms with Crippen molar-refractivity contribution in [3.05, 3.63) is 44.8 Å². The average Bonchev–Trinajstić information content (AvgIpc) is 3.13. The third kappa shape index (κ3) is 3.64. The summed E-state index contributed by atoms with van der Waals surface area (Å²) in [6.45, 7) is 1.86. The molecule has 0 aliphatic heterocycles. The summed E-state index contributed by atoms with van der Waals surface area (Å²) in [5.41, 5.74) is 2.70. The fourth-order valence-electron chi connectivity index (χ4n) is 1.63. The molecular weight excluding hydrogens is 360 g/mol. The van der Waals surface area contributed by atoms with Gasteiger partial charge in [0.1, 0.15) is 11.2 Å². The van der Waals surface area contributed by atoms with Crippen LogP contribution in [0.15, 0.2) is 38.3 Å². The van der Waals surface area contributed by atoms with E-state index in [4.69, 9.17) is 11.6 Å². The topological polar surface area (TPSA) is 67.8 Å². The van der Waals surface area contributed by atoms with Crippen LogP contribution in [0.2, 0.25) is 5.02 Å². The number of halogens is 1. The number of amides is 1. The number of hydrogen-bond donors (Lipinski definition) is 1. The molecule has 0 saturated carbocycles. The van der Waals surface area contributed by atoms with Gasteiger partial charge in [-0.15, -0.1) is 21.5 Å². The minimum atomic E-state index is -0.245.